The molecule has 0 amide bonds. The predicted octanol–water partition coefficient (Wildman–Crippen LogP) is 3.95. The summed E-state index contributed by atoms with van der Waals surface area (Å²) in [6, 6.07) is 6.53. The number of aryl methyl sites for hydroxylation is 2. The van der Waals surface area contributed by atoms with Gasteiger partial charge in [0.15, 0.2) is 11.6 Å². The van der Waals surface area contributed by atoms with Gasteiger partial charge in [0.2, 0.25) is 0 Å². The first-order valence-electron chi connectivity index (χ1n) is 9.09. The summed E-state index contributed by atoms with van der Waals surface area (Å²) in [5.74, 6) is 2.12. The summed E-state index contributed by atoms with van der Waals surface area (Å²) in [7, 11) is 0. The molecule has 1 aliphatic rings. The smallest absolute Gasteiger partial charge is 0.182 e. The first-order valence-corrected chi connectivity index (χ1v) is 9.09. The van der Waals surface area contributed by atoms with E-state index in [0.29, 0.717) is 11.7 Å². The molecule has 130 valence electrons. The number of hydrogen-bond acceptors (Lipinski definition) is 4. The van der Waals surface area contributed by atoms with Gasteiger partial charge in [-0.3, -0.25) is 5.10 Å². The SMILES string of the molecule is CCc1cnn(-c2nc(-c3n[nH]c4ccc(C5CC5)cc34)ncc2C)c1. The molecule has 4 aromatic rings. The highest BCUT2D eigenvalue weighted by atomic mass is 15.3. The number of hydrogen-bond donors (Lipinski definition) is 1. The Morgan fingerprint density at radius 2 is 2.12 bits per heavy atom. The van der Waals surface area contributed by atoms with Crippen LogP contribution in [-0.2, 0) is 6.42 Å². The molecular formula is C20H20N6. The second kappa shape index (κ2) is 5.76. The van der Waals surface area contributed by atoms with E-state index >= 15 is 0 Å². The van der Waals surface area contributed by atoms with Crippen molar-refractivity contribution in [3.63, 3.8) is 0 Å². The zero-order valence-electron chi connectivity index (χ0n) is 14.9. The number of fused-ring (bicyclic) bond motifs is 1. The number of nitrogens with zero attached hydrogens (tertiary/aromatic N) is 5. The number of benzene rings is 1. The van der Waals surface area contributed by atoms with Crippen LogP contribution in [0.2, 0.25) is 0 Å². The molecule has 0 atom stereocenters. The number of rotatable bonds is 4. The van der Waals surface area contributed by atoms with E-state index in [9.17, 15) is 0 Å². The fourth-order valence-electron chi connectivity index (χ4n) is 3.31. The van der Waals surface area contributed by atoms with Crippen LogP contribution in [-0.4, -0.2) is 29.9 Å². The topological polar surface area (TPSA) is 72.3 Å². The second-order valence-electron chi connectivity index (χ2n) is 7.00. The van der Waals surface area contributed by atoms with E-state index in [1.54, 1.807) is 0 Å². The summed E-state index contributed by atoms with van der Waals surface area (Å²) in [6.07, 6.45) is 9.26. The predicted molar refractivity (Wildman–Crippen MR) is 100 cm³/mol. The largest absolute Gasteiger partial charge is 0.277 e. The lowest BCUT2D eigenvalue weighted by molar-refractivity contribution is 0.829. The lowest BCUT2D eigenvalue weighted by Gasteiger charge is -2.06. The molecule has 1 aliphatic carbocycles. The van der Waals surface area contributed by atoms with Crippen molar-refractivity contribution in [2.75, 3.05) is 0 Å². The van der Waals surface area contributed by atoms with Crippen LogP contribution in [0.1, 0.15) is 42.4 Å². The quantitative estimate of drug-likeness (QED) is 0.608. The number of aromatic amines is 1. The Morgan fingerprint density at radius 3 is 2.88 bits per heavy atom. The summed E-state index contributed by atoms with van der Waals surface area (Å²) in [5, 5.41) is 13.1. The average Bonchev–Trinajstić information content (AvgIpc) is 3.26. The molecule has 1 N–H and O–H groups in total. The molecule has 6 heteroatoms. The fraction of sp³-hybridized carbons (Fsp3) is 0.300. The van der Waals surface area contributed by atoms with Gasteiger partial charge in [0.25, 0.3) is 0 Å². The third-order valence-corrected chi connectivity index (χ3v) is 5.05. The Morgan fingerprint density at radius 1 is 1.23 bits per heavy atom. The van der Waals surface area contributed by atoms with Crippen LogP contribution in [0.25, 0.3) is 28.2 Å². The maximum absolute atomic E-state index is 4.78. The van der Waals surface area contributed by atoms with Gasteiger partial charge in [-0.05, 0) is 55.4 Å². The second-order valence-corrected chi connectivity index (χ2v) is 7.00. The number of aromatic nitrogens is 6. The summed E-state index contributed by atoms with van der Waals surface area (Å²) in [6.45, 7) is 4.12. The minimum Gasteiger partial charge on any atom is -0.277 e. The Kier molecular flexibility index (Phi) is 3.38. The van der Waals surface area contributed by atoms with Gasteiger partial charge >= 0.3 is 0 Å². The lowest BCUT2D eigenvalue weighted by Crippen LogP contribution is -2.04. The van der Waals surface area contributed by atoms with E-state index in [4.69, 9.17) is 4.98 Å². The Bertz CT molecular complexity index is 1100. The molecule has 0 aliphatic heterocycles. The van der Waals surface area contributed by atoms with E-state index in [1.807, 2.05) is 30.2 Å². The molecule has 6 nitrogen and oxygen atoms in total. The molecular weight excluding hydrogens is 324 g/mol. The van der Waals surface area contributed by atoms with Crippen molar-refractivity contribution in [2.45, 2.75) is 39.0 Å². The van der Waals surface area contributed by atoms with Gasteiger partial charge in [-0.2, -0.15) is 10.2 Å². The fourth-order valence-corrected chi connectivity index (χ4v) is 3.31. The van der Waals surface area contributed by atoms with E-state index in [1.165, 1.54) is 24.0 Å². The van der Waals surface area contributed by atoms with Gasteiger partial charge < -0.3 is 0 Å². The van der Waals surface area contributed by atoms with Crippen molar-refractivity contribution in [2.24, 2.45) is 0 Å². The highest BCUT2D eigenvalue weighted by molar-refractivity contribution is 5.91. The van der Waals surface area contributed by atoms with Gasteiger partial charge in [-0.25, -0.2) is 14.6 Å². The van der Waals surface area contributed by atoms with Gasteiger partial charge in [0, 0.05) is 23.3 Å². The molecule has 3 aromatic heterocycles. The summed E-state index contributed by atoms with van der Waals surface area (Å²) in [5.41, 5.74) is 5.36. The molecule has 0 spiro atoms. The standard InChI is InChI=1S/C20H20N6/c1-3-13-10-22-26(11-13)20-12(2)9-21-19(23-20)18-16-8-15(14-4-5-14)6-7-17(16)24-25-18/h6-11,14H,3-5H2,1-2H3,(H,24,25). The highest BCUT2D eigenvalue weighted by Gasteiger charge is 2.24. The minimum atomic E-state index is 0.623. The van der Waals surface area contributed by atoms with Crippen molar-refractivity contribution in [1.29, 1.82) is 0 Å². The Labute approximate surface area is 151 Å². The van der Waals surface area contributed by atoms with Crippen LogP contribution in [0.4, 0.5) is 0 Å². The van der Waals surface area contributed by atoms with Gasteiger partial charge in [0.05, 0.1) is 11.7 Å². The van der Waals surface area contributed by atoms with Gasteiger partial charge in [-0.1, -0.05) is 13.0 Å². The summed E-state index contributed by atoms with van der Waals surface area (Å²) >= 11 is 0. The molecule has 1 aromatic carbocycles. The van der Waals surface area contributed by atoms with Crippen molar-refractivity contribution < 1.29 is 0 Å². The first kappa shape index (κ1) is 15.3. The maximum atomic E-state index is 4.78. The van der Waals surface area contributed by atoms with Crippen LogP contribution in [0, 0.1) is 6.92 Å². The Balaban J connectivity index is 1.63. The molecule has 0 bridgehead atoms. The molecule has 0 saturated heterocycles. The van der Waals surface area contributed by atoms with Crippen molar-refractivity contribution in [3.05, 3.63) is 53.5 Å². The number of nitrogens with one attached hydrogen (secondary N) is 1. The first-order chi connectivity index (χ1) is 12.7. The van der Waals surface area contributed by atoms with E-state index in [2.05, 4.69) is 45.4 Å². The molecule has 5 rings (SSSR count). The molecule has 1 saturated carbocycles. The molecule has 3 heterocycles. The van der Waals surface area contributed by atoms with Crippen molar-refractivity contribution in [1.82, 2.24) is 29.9 Å². The third kappa shape index (κ3) is 2.49. The molecule has 1 fully saturated rings. The van der Waals surface area contributed by atoms with Crippen molar-refractivity contribution in [3.8, 4) is 17.3 Å². The van der Waals surface area contributed by atoms with Gasteiger partial charge in [0.1, 0.15) is 5.69 Å². The third-order valence-electron chi connectivity index (χ3n) is 5.05. The molecule has 26 heavy (non-hydrogen) atoms. The van der Waals surface area contributed by atoms with Crippen LogP contribution < -0.4 is 0 Å². The molecule has 0 unspecified atom stereocenters. The minimum absolute atomic E-state index is 0.623. The molecule has 0 radical (unpaired) electrons. The highest BCUT2D eigenvalue weighted by Crippen LogP contribution is 2.41. The van der Waals surface area contributed by atoms with E-state index in [-0.39, 0.29) is 0 Å². The van der Waals surface area contributed by atoms with Crippen LogP contribution in [0.15, 0.2) is 36.8 Å². The Hall–Kier alpha value is -3.02. The average molecular weight is 344 g/mol. The van der Waals surface area contributed by atoms with Crippen LogP contribution in [0.5, 0.6) is 0 Å². The van der Waals surface area contributed by atoms with Crippen molar-refractivity contribution >= 4 is 10.9 Å². The summed E-state index contributed by atoms with van der Waals surface area (Å²) in [4.78, 5) is 9.32. The van der Waals surface area contributed by atoms with Crippen LogP contribution >= 0.6 is 0 Å². The number of H-pyrrole nitrogens is 1. The van der Waals surface area contributed by atoms with E-state index in [0.717, 1.165) is 34.4 Å². The zero-order valence-corrected chi connectivity index (χ0v) is 14.9. The van der Waals surface area contributed by atoms with Gasteiger partial charge in [-0.15, -0.1) is 0 Å². The monoisotopic (exact) mass is 344 g/mol. The maximum Gasteiger partial charge on any atom is 0.182 e. The van der Waals surface area contributed by atoms with E-state index < -0.39 is 0 Å². The van der Waals surface area contributed by atoms with Crippen LogP contribution in [0.3, 0.4) is 0 Å². The normalized spacial score (nSPS) is 14.2. The zero-order chi connectivity index (χ0) is 17.7. The lowest BCUT2D eigenvalue weighted by atomic mass is 10.1. The summed E-state index contributed by atoms with van der Waals surface area (Å²) < 4.78 is 1.82.